The summed E-state index contributed by atoms with van der Waals surface area (Å²) in [5, 5.41) is 14.4. The summed E-state index contributed by atoms with van der Waals surface area (Å²) >= 11 is 0. The van der Waals surface area contributed by atoms with Gasteiger partial charge in [-0.3, -0.25) is 9.52 Å². The number of ether oxygens (including phenoxy) is 1. The van der Waals surface area contributed by atoms with Crippen LogP contribution in [0.15, 0.2) is 82.6 Å². The van der Waals surface area contributed by atoms with E-state index in [4.69, 9.17) is 15.4 Å². The van der Waals surface area contributed by atoms with E-state index in [9.17, 15) is 26.7 Å². The number of hydrogen-bond acceptors (Lipinski definition) is 7. The van der Waals surface area contributed by atoms with Crippen LogP contribution in [0.5, 0.6) is 11.5 Å². The van der Waals surface area contributed by atoms with Gasteiger partial charge in [-0.25, -0.2) is 16.8 Å². The zero-order valence-corrected chi connectivity index (χ0v) is 31.2. The van der Waals surface area contributed by atoms with Gasteiger partial charge in [0.15, 0.2) is 0 Å². The number of aromatic hydroxyl groups is 1. The van der Waals surface area contributed by atoms with E-state index in [0.717, 1.165) is 24.7 Å². The lowest BCUT2D eigenvalue weighted by Gasteiger charge is -2.30. The first kappa shape index (κ1) is 38.0. The first-order chi connectivity index (χ1) is 22.9. The number of carbonyl (C=O) groups excluding carboxylic acids is 1. The third-order valence-electron chi connectivity index (χ3n) is 9.27. The van der Waals surface area contributed by atoms with Gasteiger partial charge in [-0.15, -0.1) is 0 Å². The fraction of sp³-hybridized carbons (Fsp3) is 0.378. The molecule has 0 aliphatic heterocycles. The first-order valence-electron chi connectivity index (χ1n) is 16.3. The molecule has 0 aliphatic carbocycles. The topological polar surface area (TPSA) is 139 Å². The molecular weight excluding hydrogens is 684 g/mol. The fourth-order valence-corrected chi connectivity index (χ4v) is 7.31. The Kier molecular flexibility index (Phi) is 11.6. The average Bonchev–Trinajstić information content (AvgIpc) is 3.07. The van der Waals surface area contributed by atoms with Crippen molar-refractivity contribution in [2.24, 2.45) is 0 Å². The lowest BCUT2D eigenvalue weighted by atomic mass is 9.76. The number of sulfonamides is 1. The van der Waals surface area contributed by atoms with Crippen LogP contribution in [0.3, 0.4) is 0 Å². The summed E-state index contributed by atoms with van der Waals surface area (Å²) in [6, 6.07) is 18.8. The molecule has 0 saturated heterocycles. The van der Waals surface area contributed by atoms with Crippen LogP contribution in [0.4, 0.5) is 5.69 Å². The second-order valence-corrected chi connectivity index (χ2v) is 17.6. The van der Waals surface area contributed by atoms with Gasteiger partial charge in [-0.1, -0.05) is 84.0 Å². The van der Waals surface area contributed by atoms with Gasteiger partial charge in [0.25, 0.3) is 25.0 Å². The molecule has 0 aliphatic rings. The normalized spacial score (nSPS) is 12.6. The highest BCUT2D eigenvalue weighted by Gasteiger charge is 2.27. The maximum Gasteiger partial charge on any atom is 0.261 e. The van der Waals surface area contributed by atoms with E-state index in [2.05, 4.69) is 69.8 Å². The average molecular weight is 729 g/mol. The number of unbranched alkanes of at least 4 members (excludes halogenated alkanes) is 1. The van der Waals surface area contributed by atoms with E-state index in [0.29, 0.717) is 31.4 Å². The molecule has 264 valence electrons. The molecule has 9 nitrogen and oxygen atoms in total. The molecule has 0 atom stereocenters. The molecule has 49 heavy (non-hydrogen) atoms. The molecule has 4 aromatic rings. The molecule has 0 unspecified atom stereocenters. The Bertz CT molecular complexity index is 2060. The van der Waals surface area contributed by atoms with Crippen LogP contribution in [0.1, 0.15) is 88.7 Å². The summed E-state index contributed by atoms with van der Waals surface area (Å²) in [5.74, 6) is -0.0186. The maximum absolute atomic E-state index is 13.3. The second kappa shape index (κ2) is 15.0. The van der Waals surface area contributed by atoms with Crippen molar-refractivity contribution >= 4 is 52.1 Å². The highest BCUT2D eigenvalue weighted by atomic mass is 35.7. The molecule has 1 amide bonds. The van der Waals surface area contributed by atoms with Crippen LogP contribution < -0.4 is 14.8 Å². The van der Waals surface area contributed by atoms with Crippen LogP contribution in [0, 0.1) is 0 Å². The molecule has 4 aromatic carbocycles. The predicted molar refractivity (Wildman–Crippen MR) is 196 cm³/mol. The van der Waals surface area contributed by atoms with Gasteiger partial charge in [-0.05, 0) is 72.4 Å². The molecule has 0 fully saturated rings. The second-order valence-electron chi connectivity index (χ2n) is 13.4. The number of amides is 1. The smallest absolute Gasteiger partial charge is 0.261 e. The number of rotatable bonds is 15. The number of fused-ring (bicyclic) bond motifs is 1. The molecular formula is C37H45ClN2O7S2. The Labute approximate surface area is 294 Å². The van der Waals surface area contributed by atoms with Gasteiger partial charge in [0.2, 0.25) is 0 Å². The van der Waals surface area contributed by atoms with E-state index in [-0.39, 0.29) is 43.0 Å². The number of hydrogen-bond donors (Lipinski definition) is 3. The van der Waals surface area contributed by atoms with Gasteiger partial charge in [-0.2, -0.15) is 0 Å². The minimum Gasteiger partial charge on any atom is -0.506 e. The monoisotopic (exact) mass is 728 g/mol. The molecule has 0 bridgehead atoms. The molecule has 0 aromatic heterocycles. The fourth-order valence-electron chi connectivity index (χ4n) is 5.32. The van der Waals surface area contributed by atoms with Crippen molar-refractivity contribution in [3.63, 3.8) is 0 Å². The van der Waals surface area contributed by atoms with Crippen molar-refractivity contribution in [1.82, 2.24) is 5.32 Å². The van der Waals surface area contributed by atoms with Gasteiger partial charge >= 0.3 is 0 Å². The molecule has 0 saturated carbocycles. The standard InChI is InChI=1S/C37H45ClN2O7S2/c1-7-36(3,4)25-18-19-33(31(22-25)37(5,6)8-2)47-21-12-11-20-39-35(42)30-24-32(28-16-9-10-17-29(28)34(30)41)40-49(45,46)27-15-13-14-26(23-27)48(38,43)44/h9-10,13-19,22-24,40-41H,7-8,11-12,20-21H2,1-6H3,(H,39,42). The largest absolute Gasteiger partial charge is 0.506 e. The zero-order chi connectivity index (χ0) is 36.2. The van der Waals surface area contributed by atoms with Crippen molar-refractivity contribution < 1.29 is 31.5 Å². The number of halogens is 1. The third kappa shape index (κ3) is 8.87. The molecule has 0 spiro atoms. The van der Waals surface area contributed by atoms with Crippen LogP contribution in [-0.2, 0) is 29.9 Å². The van der Waals surface area contributed by atoms with Crippen molar-refractivity contribution in [2.45, 2.75) is 87.8 Å². The van der Waals surface area contributed by atoms with Gasteiger partial charge in [0, 0.05) is 33.6 Å². The Morgan fingerprint density at radius 2 is 1.47 bits per heavy atom. The highest BCUT2D eigenvalue weighted by Crippen LogP contribution is 2.39. The van der Waals surface area contributed by atoms with Crippen LogP contribution in [0.2, 0.25) is 0 Å². The minimum absolute atomic E-state index is 0.0326. The van der Waals surface area contributed by atoms with E-state index >= 15 is 0 Å². The Morgan fingerprint density at radius 3 is 2.12 bits per heavy atom. The van der Waals surface area contributed by atoms with Crippen molar-refractivity contribution in [2.75, 3.05) is 17.9 Å². The summed E-state index contributed by atoms with van der Waals surface area (Å²) in [4.78, 5) is 12.6. The van der Waals surface area contributed by atoms with Crippen molar-refractivity contribution in [3.05, 3.63) is 89.5 Å². The molecule has 4 rings (SSSR count). The van der Waals surface area contributed by atoms with E-state index in [1.165, 1.54) is 35.4 Å². The number of nitrogens with one attached hydrogen (secondary N) is 2. The lowest BCUT2D eigenvalue weighted by Crippen LogP contribution is -2.25. The quantitative estimate of drug-likeness (QED) is 0.0637. The number of carbonyl (C=O) groups is 1. The van der Waals surface area contributed by atoms with E-state index in [1.807, 2.05) is 0 Å². The van der Waals surface area contributed by atoms with Crippen molar-refractivity contribution in [1.29, 1.82) is 0 Å². The number of anilines is 1. The summed E-state index contributed by atoms with van der Waals surface area (Å²) in [6.07, 6.45) is 3.26. The Hall–Kier alpha value is -3.80. The summed E-state index contributed by atoms with van der Waals surface area (Å²) in [6.45, 7) is 14.0. The number of benzene rings is 4. The lowest BCUT2D eigenvalue weighted by molar-refractivity contribution is 0.0950. The van der Waals surface area contributed by atoms with Gasteiger partial charge < -0.3 is 15.2 Å². The van der Waals surface area contributed by atoms with E-state index in [1.54, 1.807) is 24.3 Å². The summed E-state index contributed by atoms with van der Waals surface area (Å²) in [5.41, 5.74) is 2.37. The van der Waals surface area contributed by atoms with Crippen LogP contribution in [-0.4, -0.2) is 41.0 Å². The summed E-state index contributed by atoms with van der Waals surface area (Å²) < 4.78 is 58.9. The first-order valence-corrected chi connectivity index (χ1v) is 20.1. The maximum atomic E-state index is 13.3. The van der Waals surface area contributed by atoms with E-state index < -0.39 is 25.0 Å². The number of phenols is 1. The van der Waals surface area contributed by atoms with Gasteiger partial charge in [0.1, 0.15) is 11.5 Å². The highest BCUT2D eigenvalue weighted by molar-refractivity contribution is 8.13. The Morgan fingerprint density at radius 1 is 0.816 bits per heavy atom. The minimum atomic E-state index is -4.32. The molecule has 0 radical (unpaired) electrons. The van der Waals surface area contributed by atoms with Crippen LogP contribution in [0.25, 0.3) is 10.8 Å². The van der Waals surface area contributed by atoms with Gasteiger partial charge in [0.05, 0.1) is 27.6 Å². The SMILES string of the molecule is CCC(C)(C)c1ccc(OCCCCNC(=O)c2cc(NS(=O)(=O)c3cccc(S(=O)(=O)Cl)c3)c3ccccc3c2O)c(C(C)(C)CC)c1. The zero-order valence-electron chi connectivity index (χ0n) is 28.8. The van der Waals surface area contributed by atoms with Crippen LogP contribution >= 0.6 is 10.7 Å². The third-order valence-corrected chi connectivity index (χ3v) is 12.0. The predicted octanol–water partition coefficient (Wildman–Crippen LogP) is 8.24. The molecule has 0 heterocycles. The Balaban J connectivity index is 1.46. The molecule has 12 heteroatoms. The van der Waals surface area contributed by atoms with Crippen molar-refractivity contribution in [3.8, 4) is 11.5 Å². The summed E-state index contributed by atoms with van der Waals surface area (Å²) in [7, 11) is -3.08. The number of phenolic OH excluding ortho intramolecular Hbond substituents is 1. The molecule has 3 N–H and O–H groups in total.